The number of nitrogens with two attached hydrogens (primary N) is 1. The molecule has 0 heterocycles. The zero-order valence-electron chi connectivity index (χ0n) is 11.4. The number of nitrogens with one attached hydrogen (secondary N) is 1. The Hall–Kier alpha value is -2.89. The number of hydrogen-bond donors (Lipinski definition) is 2. The molecule has 0 aliphatic heterocycles. The van der Waals surface area contributed by atoms with Gasteiger partial charge in [-0.05, 0) is 30.7 Å². The van der Waals surface area contributed by atoms with Gasteiger partial charge in [-0.1, -0.05) is 18.2 Å². The van der Waals surface area contributed by atoms with Crippen LogP contribution in [-0.2, 0) is 4.79 Å². The van der Waals surface area contributed by atoms with Gasteiger partial charge in [0.25, 0.3) is 5.69 Å². The highest BCUT2D eigenvalue weighted by atomic mass is 16.6. The lowest BCUT2D eigenvalue weighted by Crippen LogP contribution is -2.19. The van der Waals surface area contributed by atoms with Crippen LogP contribution in [0, 0.1) is 10.1 Å². The third-order valence-corrected chi connectivity index (χ3v) is 3.13. The zero-order valence-corrected chi connectivity index (χ0v) is 11.4. The van der Waals surface area contributed by atoms with Crippen LogP contribution < -0.4 is 11.1 Å². The third kappa shape index (κ3) is 3.56. The van der Waals surface area contributed by atoms with Crippen molar-refractivity contribution in [3.63, 3.8) is 0 Å². The summed E-state index contributed by atoms with van der Waals surface area (Å²) >= 11 is 0. The van der Waals surface area contributed by atoms with Crippen LogP contribution in [0.2, 0.25) is 0 Å². The zero-order chi connectivity index (χ0) is 15.4. The highest BCUT2D eigenvalue weighted by molar-refractivity contribution is 5.96. The summed E-state index contributed by atoms with van der Waals surface area (Å²) in [6, 6.07) is 12.9. The number of nitrogen functional groups attached to an aromatic ring is 1. The minimum atomic E-state index is -0.508. The molecule has 6 nitrogen and oxygen atoms in total. The summed E-state index contributed by atoms with van der Waals surface area (Å²) < 4.78 is 0. The summed E-state index contributed by atoms with van der Waals surface area (Å²) in [6.45, 7) is 1.70. The smallest absolute Gasteiger partial charge is 0.269 e. The maximum absolute atomic E-state index is 12.2. The van der Waals surface area contributed by atoms with Crippen molar-refractivity contribution in [2.24, 2.45) is 0 Å². The van der Waals surface area contributed by atoms with Gasteiger partial charge in [0.05, 0.1) is 10.8 Å². The number of nitro groups is 1. The average Bonchev–Trinajstić information content (AvgIpc) is 2.46. The van der Waals surface area contributed by atoms with E-state index in [9.17, 15) is 14.9 Å². The van der Waals surface area contributed by atoms with Gasteiger partial charge in [-0.15, -0.1) is 0 Å². The van der Waals surface area contributed by atoms with Crippen LogP contribution in [0.1, 0.15) is 18.4 Å². The summed E-state index contributed by atoms with van der Waals surface area (Å²) in [6.07, 6.45) is 0. The lowest BCUT2D eigenvalue weighted by atomic mass is 9.99. The molecule has 0 bridgehead atoms. The maximum Gasteiger partial charge on any atom is 0.269 e. The summed E-state index contributed by atoms with van der Waals surface area (Å²) in [5.74, 6) is -0.757. The van der Waals surface area contributed by atoms with E-state index in [1.165, 1.54) is 12.1 Å². The first-order chi connectivity index (χ1) is 9.97. The van der Waals surface area contributed by atoms with E-state index in [1.54, 1.807) is 43.3 Å². The van der Waals surface area contributed by atoms with E-state index in [1.807, 2.05) is 0 Å². The largest absolute Gasteiger partial charge is 0.399 e. The molecule has 0 spiro atoms. The molecule has 2 rings (SSSR count). The molecule has 2 aromatic rings. The van der Waals surface area contributed by atoms with E-state index < -0.39 is 10.8 Å². The monoisotopic (exact) mass is 285 g/mol. The molecule has 2 aromatic carbocycles. The molecule has 0 fully saturated rings. The number of nitro benzene ring substituents is 1. The number of amides is 1. The van der Waals surface area contributed by atoms with Crippen LogP contribution in [0.15, 0.2) is 48.5 Å². The van der Waals surface area contributed by atoms with E-state index in [0.717, 1.165) is 0 Å². The number of nitrogens with zero attached hydrogens (tertiary/aromatic N) is 1. The standard InChI is InChI=1S/C15H15N3O3/c1-10(11-4-2-7-14(8-11)18(20)21)15(19)17-13-6-3-5-12(16)9-13/h2-10H,16H2,1H3,(H,17,19). The van der Waals surface area contributed by atoms with E-state index in [0.29, 0.717) is 16.9 Å². The number of rotatable bonds is 4. The van der Waals surface area contributed by atoms with Crippen molar-refractivity contribution in [3.05, 3.63) is 64.2 Å². The van der Waals surface area contributed by atoms with Crippen LogP contribution in [0.4, 0.5) is 17.1 Å². The number of benzene rings is 2. The molecule has 21 heavy (non-hydrogen) atoms. The van der Waals surface area contributed by atoms with Gasteiger partial charge in [-0.25, -0.2) is 0 Å². The van der Waals surface area contributed by atoms with Crippen molar-refractivity contribution in [1.82, 2.24) is 0 Å². The van der Waals surface area contributed by atoms with Gasteiger partial charge in [0.2, 0.25) is 5.91 Å². The van der Waals surface area contributed by atoms with Gasteiger partial charge in [-0.3, -0.25) is 14.9 Å². The third-order valence-electron chi connectivity index (χ3n) is 3.13. The van der Waals surface area contributed by atoms with Gasteiger partial charge in [0.15, 0.2) is 0 Å². The van der Waals surface area contributed by atoms with Crippen molar-refractivity contribution in [2.45, 2.75) is 12.8 Å². The molecule has 108 valence electrons. The molecule has 1 amide bonds. The summed E-state index contributed by atoms with van der Waals surface area (Å²) in [4.78, 5) is 22.5. The Bertz CT molecular complexity index is 685. The normalized spacial score (nSPS) is 11.7. The Morgan fingerprint density at radius 2 is 1.95 bits per heavy atom. The molecular formula is C15H15N3O3. The van der Waals surface area contributed by atoms with Crippen LogP contribution in [0.25, 0.3) is 0 Å². The SMILES string of the molecule is CC(C(=O)Nc1cccc(N)c1)c1cccc([N+](=O)[O-])c1. The van der Waals surface area contributed by atoms with Crippen molar-refractivity contribution in [1.29, 1.82) is 0 Å². The number of non-ortho nitro benzene ring substituents is 1. The molecule has 0 aromatic heterocycles. The number of hydrogen-bond acceptors (Lipinski definition) is 4. The quantitative estimate of drug-likeness (QED) is 0.512. The molecule has 6 heteroatoms. The summed E-state index contributed by atoms with van der Waals surface area (Å²) in [5.41, 5.74) is 7.35. The highest BCUT2D eigenvalue weighted by Crippen LogP contribution is 2.22. The Morgan fingerprint density at radius 1 is 1.24 bits per heavy atom. The lowest BCUT2D eigenvalue weighted by molar-refractivity contribution is -0.384. The minimum absolute atomic E-state index is 0.0314. The van der Waals surface area contributed by atoms with Crippen LogP contribution in [-0.4, -0.2) is 10.8 Å². The molecule has 0 radical (unpaired) electrons. The van der Waals surface area contributed by atoms with Crippen LogP contribution >= 0.6 is 0 Å². The van der Waals surface area contributed by atoms with E-state index in [-0.39, 0.29) is 11.6 Å². The van der Waals surface area contributed by atoms with Crippen molar-refractivity contribution in [3.8, 4) is 0 Å². The van der Waals surface area contributed by atoms with E-state index in [2.05, 4.69) is 5.32 Å². The summed E-state index contributed by atoms with van der Waals surface area (Å²) in [5, 5.41) is 13.5. The second-order valence-electron chi connectivity index (χ2n) is 4.69. The van der Waals surface area contributed by atoms with Crippen molar-refractivity contribution >= 4 is 23.0 Å². The highest BCUT2D eigenvalue weighted by Gasteiger charge is 2.17. The van der Waals surface area contributed by atoms with Gasteiger partial charge in [-0.2, -0.15) is 0 Å². The fraction of sp³-hybridized carbons (Fsp3) is 0.133. The first-order valence-electron chi connectivity index (χ1n) is 6.38. The Labute approximate surface area is 121 Å². The summed E-state index contributed by atoms with van der Waals surface area (Å²) in [7, 11) is 0. The van der Waals surface area contributed by atoms with Gasteiger partial charge >= 0.3 is 0 Å². The van der Waals surface area contributed by atoms with Gasteiger partial charge in [0, 0.05) is 23.5 Å². The van der Waals surface area contributed by atoms with E-state index in [4.69, 9.17) is 5.73 Å². The molecule has 1 atom stereocenters. The number of carbonyl (C=O) groups excluding carboxylic acids is 1. The Balaban J connectivity index is 2.15. The van der Waals surface area contributed by atoms with Crippen LogP contribution in [0.5, 0.6) is 0 Å². The Kier molecular flexibility index (Phi) is 4.18. The van der Waals surface area contributed by atoms with Crippen molar-refractivity contribution < 1.29 is 9.72 Å². The minimum Gasteiger partial charge on any atom is -0.399 e. The predicted molar refractivity (Wildman–Crippen MR) is 81.0 cm³/mol. The fourth-order valence-corrected chi connectivity index (χ4v) is 1.93. The molecular weight excluding hydrogens is 270 g/mol. The van der Waals surface area contributed by atoms with Gasteiger partial charge in [0.1, 0.15) is 0 Å². The molecule has 0 aliphatic carbocycles. The Morgan fingerprint density at radius 3 is 2.62 bits per heavy atom. The number of carbonyl (C=O) groups is 1. The molecule has 0 saturated heterocycles. The average molecular weight is 285 g/mol. The second-order valence-corrected chi connectivity index (χ2v) is 4.69. The van der Waals surface area contributed by atoms with Crippen LogP contribution in [0.3, 0.4) is 0 Å². The predicted octanol–water partition coefficient (Wildman–Crippen LogP) is 2.92. The van der Waals surface area contributed by atoms with Gasteiger partial charge < -0.3 is 11.1 Å². The fourth-order valence-electron chi connectivity index (χ4n) is 1.93. The van der Waals surface area contributed by atoms with E-state index >= 15 is 0 Å². The number of anilines is 2. The molecule has 0 aliphatic rings. The maximum atomic E-state index is 12.2. The first kappa shape index (κ1) is 14.5. The molecule has 0 saturated carbocycles. The lowest BCUT2D eigenvalue weighted by Gasteiger charge is -2.12. The first-order valence-corrected chi connectivity index (χ1v) is 6.38. The topological polar surface area (TPSA) is 98.3 Å². The molecule has 3 N–H and O–H groups in total. The second kappa shape index (κ2) is 6.04. The van der Waals surface area contributed by atoms with Crippen molar-refractivity contribution in [2.75, 3.05) is 11.1 Å². The molecule has 1 unspecified atom stereocenters.